The average molecular weight is 159 g/mol. The maximum Gasteiger partial charge on any atom is 0.114 e. The van der Waals surface area contributed by atoms with Gasteiger partial charge in [-0.1, -0.05) is 13.8 Å². The molecule has 0 aliphatic carbocycles. The van der Waals surface area contributed by atoms with Crippen molar-refractivity contribution in [2.45, 2.75) is 32.9 Å². The molecule has 0 aromatic carbocycles. The molecule has 66 valence electrons. The highest BCUT2D eigenvalue weighted by Crippen LogP contribution is 2.13. The van der Waals surface area contributed by atoms with E-state index in [1.807, 2.05) is 0 Å². The molecule has 1 heterocycles. The van der Waals surface area contributed by atoms with E-state index in [-0.39, 0.29) is 0 Å². The summed E-state index contributed by atoms with van der Waals surface area (Å²) in [6.07, 6.45) is 1.40. The molecule has 1 atom stereocenters. The van der Waals surface area contributed by atoms with Crippen LogP contribution >= 0.6 is 0 Å². The second-order valence-electron chi connectivity index (χ2n) is 3.87. The maximum atomic E-state index is 12.7. The molecule has 1 unspecified atom stereocenters. The summed E-state index contributed by atoms with van der Waals surface area (Å²) in [4.78, 5) is 2.23. The predicted octanol–water partition coefficient (Wildman–Crippen LogP) is 2.08. The summed E-state index contributed by atoms with van der Waals surface area (Å²) >= 11 is 0. The Morgan fingerprint density at radius 1 is 1.55 bits per heavy atom. The molecule has 1 aliphatic heterocycles. The number of alkyl halides is 1. The Morgan fingerprint density at radius 3 is 2.73 bits per heavy atom. The number of hydrogen-bond donors (Lipinski definition) is 0. The molecule has 0 radical (unpaired) electrons. The molecule has 0 spiro atoms. The van der Waals surface area contributed by atoms with E-state index >= 15 is 0 Å². The van der Waals surface area contributed by atoms with E-state index in [0.717, 1.165) is 25.4 Å². The zero-order valence-corrected chi connectivity index (χ0v) is 7.52. The van der Waals surface area contributed by atoms with Gasteiger partial charge in [0.1, 0.15) is 6.17 Å². The van der Waals surface area contributed by atoms with Crippen molar-refractivity contribution < 1.29 is 4.39 Å². The Kier molecular flexibility index (Phi) is 3.31. The third-order valence-electron chi connectivity index (χ3n) is 2.24. The predicted molar refractivity (Wildman–Crippen MR) is 45.4 cm³/mol. The van der Waals surface area contributed by atoms with Gasteiger partial charge in [0.25, 0.3) is 0 Å². The van der Waals surface area contributed by atoms with Gasteiger partial charge >= 0.3 is 0 Å². The summed E-state index contributed by atoms with van der Waals surface area (Å²) in [7, 11) is 0. The molecule has 0 aromatic heterocycles. The van der Waals surface area contributed by atoms with Crippen LogP contribution in [0.15, 0.2) is 0 Å². The van der Waals surface area contributed by atoms with E-state index < -0.39 is 6.17 Å². The smallest absolute Gasteiger partial charge is 0.114 e. The normalized spacial score (nSPS) is 26.7. The molecular weight excluding hydrogens is 141 g/mol. The van der Waals surface area contributed by atoms with Crippen molar-refractivity contribution in [1.29, 1.82) is 0 Å². The van der Waals surface area contributed by atoms with Crippen LogP contribution in [0.25, 0.3) is 0 Å². The lowest BCUT2D eigenvalue weighted by atomic mass is 10.1. The molecule has 0 amide bonds. The first-order valence-corrected chi connectivity index (χ1v) is 4.55. The highest BCUT2D eigenvalue weighted by Gasteiger charge is 2.20. The quantitative estimate of drug-likeness (QED) is 0.609. The molecule has 0 N–H and O–H groups in total. The molecule has 0 bridgehead atoms. The van der Waals surface area contributed by atoms with Gasteiger partial charge in [-0.3, -0.25) is 0 Å². The van der Waals surface area contributed by atoms with E-state index in [9.17, 15) is 4.39 Å². The van der Waals surface area contributed by atoms with E-state index in [1.54, 1.807) is 0 Å². The van der Waals surface area contributed by atoms with Crippen molar-refractivity contribution >= 4 is 0 Å². The second-order valence-corrected chi connectivity index (χ2v) is 3.87. The minimum Gasteiger partial charge on any atom is -0.300 e. The van der Waals surface area contributed by atoms with Gasteiger partial charge < -0.3 is 4.90 Å². The standard InChI is InChI=1S/C9H18FN/c1-8(2)3-5-11-6-4-9(10)7-11/h8-9H,3-7H2,1-2H3. The Hall–Kier alpha value is -0.110. The van der Waals surface area contributed by atoms with E-state index in [1.165, 1.54) is 6.42 Å². The van der Waals surface area contributed by atoms with Crippen molar-refractivity contribution in [1.82, 2.24) is 4.90 Å². The summed E-state index contributed by atoms with van der Waals surface area (Å²) in [6.45, 7) is 7.14. The van der Waals surface area contributed by atoms with Crippen LogP contribution in [0.2, 0.25) is 0 Å². The summed E-state index contributed by atoms with van der Waals surface area (Å²) < 4.78 is 12.7. The van der Waals surface area contributed by atoms with Gasteiger partial charge in [0.2, 0.25) is 0 Å². The minimum absolute atomic E-state index is 0.554. The van der Waals surface area contributed by atoms with Crippen molar-refractivity contribution in [3.63, 3.8) is 0 Å². The van der Waals surface area contributed by atoms with Gasteiger partial charge in [0.15, 0.2) is 0 Å². The van der Waals surface area contributed by atoms with Crippen molar-refractivity contribution in [2.24, 2.45) is 5.92 Å². The number of hydrogen-bond acceptors (Lipinski definition) is 1. The van der Waals surface area contributed by atoms with E-state index in [4.69, 9.17) is 0 Å². The SMILES string of the molecule is CC(C)CCN1CCC(F)C1. The zero-order valence-electron chi connectivity index (χ0n) is 7.52. The van der Waals surface area contributed by atoms with E-state index in [0.29, 0.717) is 6.54 Å². The summed E-state index contributed by atoms with van der Waals surface area (Å²) in [6, 6.07) is 0. The third-order valence-corrected chi connectivity index (χ3v) is 2.24. The number of rotatable bonds is 3. The molecule has 0 saturated carbocycles. The second kappa shape index (κ2) is 4.05. The Bertz CT molecular complexity index is 114. The van der Waals surface area contributed by atoms with Crippen LogP contribution in [0.1, 0.15) is 26.7 Å². The molecule has 1 aliphatic rings. The fourth-order valence-electron chi connectivity index (χ4n) is 1.43. The number of halogens is 1. The van der Waals surface area contributed by atoms with Crippen LogP contribution in [-0.4, -0.2) is 30.7 Å². The van der Waals surface area contributed by atoms with Crippen molar-refractivity contribution in [3.05, 3.63) is 0 Å². The first-order valence-electron chi connectivity index (χ1n) is 4.55. The molecule has 1 nitrogen and oxygen atoms in total. The van der Waals surface area contributed by atoms with Gasteiger partial charge in [0, 0.05) is 13.1 Å². The lowest BCUT2D eigenvalue weighted by Crippen LogP contribution is -2.23. The van der Waals surface area contributed by atoms with Gasteiger partial charge in [-0.2, -0.15) is 0 Å². The van der Waals surface area contributed by atoms with Crippen LogP contribution in [0.4, 0.5) is 4.39 Å². The Labute approximate surface area is 68.6 Å². The molecule has 1 fully saturated rings. The van der Waals surface area contributed by atoms with Gasteiger partial charge in [-0.25, -0.2) is 4.39 Å². The van der Waals surface area contributed by atoms with Crippen LogP contribution in [0.5, 0.6) is 0 Å². The zero-order chi connectivity index (χ0) is 8.27. The van der Waals surface area contributed by atoms with Crippen LogP contribution in [-0.2, 0) is 0 Å². The topological polar surface area (TPSA) is 3.24 Å². The first-order chi connectivity index (χ1) is 5.18. The molecule has 0 aromatic rings. The van der Waals surface area contributed by atoms with Crippen LogP contribution in [0, 0.1) is 5.92 Å². The summed E-state index contributed by atoms with van der Waals surface area (Å²) in [5.41, 5.74) is 0. The molecule has 1 rings (SSSR count). The van der Waals surface area contributed by atoms with E-state index in [2.05, 4.69) is 18.7 Å². The van der Waals surface area contributed by atoms with Gasteiger partial charge in [-0.15, -0.1) is 0 Å². The average Bonchev–Trinajstić information content (AvgIpc) is 2.31. The molecule has 11 heavy (non-hydrogen) atoms. The highest BCUT2D eigenvalue weighted by atomic mass is 19.1. The number of likely N-dealkylation sites (tertiary alicyclic amines) is 1. The molecule has 2 heteroatoms. The lowest BCUT2D eigenvalue weighted by molar-refractivity contribution is 0.275. The molecule has 1 saturated heterocycles. The maximum absolute atomic E-state index is 12.7. The van der Waals surface area contributed by atoms with Crippen molar-refractivity contribution in [3.8, 4) is 0 Å². The van der Waals surface area contributed by atoms with Gasteiger partial charge in [-0.05, 0) is 25.3 Å². The fraction of sp³-hybridized carbons (Fsp3) is 1.00. The Morgan fingerprint density at radius 2 is 2.27 bits per heavy atom. The minimum atomic E-state index is -0.554. The molecular formula is C9H18FN. The third kappa shape index (κ3) is 3.19. The lowest BCUT2D eigenvalue weighted by Gasteiger charge is -2.15. The first kappa shape index (κ1) is 8.98. The largest absolute Gasteiger partial charge is 0.300 e. The monoisotopic (exact) mass is 159 g/mol. The van der Waals surface area contributed by atoms with Crippen molar-refractivity contribution in [2.75, 3.05) is 19.6 Å². The van der Waals surface area contributed by atoms with Crippen LogP contribution < -0.4 is 0 Å². The fourth-order valence-corrected chi connectivity index (χ4v) is 1.43. The highest BCUT2D eigenvalue weighted by molar-refractivity contribution is 4.74. The van der Waals surface area contributed by atoms with Gasteiger partial charge in [0.05, 0.1) is 0 Å². The summed E-state index contributed by atoms with van der Waals surface area (Å²) in [5, 5.41) is 0. The number of nitrogens with zero attached hydrogens (tertiary/aromatic N) is 1. The van der Waals surface area contributed by atoms with Crippen LogP contribution in [0.3, 0.4) is 0 Å². The summed E-state index contributed by atoms with van der Waals surface area (Å²) in [5.74, 6) is 0.744. The Balaban J connectivity index is 2.08.